The van der Waals surface area contributed by atoms with Gasteiger partial charge < -0.3 is 14.8 Å². The molecule has 0 amide bonds. The summed E-state index contributed by atoms with van der Waals surface area (Å²) in [5.74, 6) is 1.31. The molecular weight excluding hydrogens is 214 g/mol. The van der Waals surface area contributed by atoms with Gasteiger partial charge in [0.05, 0.1) is 6.26 Å². The molecule has 2 rings (SSSR count). The van der Waals surface area contributed by atoms with Gasteiger partial charge in [0.2, 0.25) is 0 Å². The standard InChI is InChI=1S/C14H21NO2/c16-11-12-5-1-2-8-14(12)15-9-3-6-13-7-4-10-17-13/h3-4,6-7,10,12,14-16H,1-2,5,8-9,11H2/b6-3+. The third kappa shape index (κ3) is 3.72. The summed E-state index contributed by atoms with van der Waals surface area (Å²) in [5.41, 5.74) is 0. The summed E-state index contributed by atoms with van der Waals surface area (Å²) in [6.07, 6.45) is 10.6. The van der Waals surface area contributed by atoms with E-state index < -0.39 is 0 Å². The minimum atomic E-state index is 0.305. The Morgan fingerprint density at radius 2 is 2.29 bits per heavy atom. The fourth-order valence-electron chi connectivity index (χ4n) is 2.48. The Bertz CT molecular complexity index is 332. The van der Waals surface area contributed by atoms with Crippen molar-refractivity contribution in [2.45, 2.75) is 31.7 Å². The average molecular weight is 235 g/mol. The van der Waals surface area contributed by atoms with E-state index in [0.717, 1.165) is 18.7 Å². The van der Waals surface area contributed by atoms with E-state index >= 15 is 0 Å². The fraction of sp³-hybridized carbons (Fsp3) is 0.571. The molecule has 1 aliphatic carbocycles. The van der Waals surface area contributed by atoms with E-state index in [9.17, 15) is 5.11 Å². The minimum Gasteiger partial charge on any atom is -0.465 e. The highest BCUT2D eigenvalue weighted by Gasteiger charge is 2.23. The van der Waals surface area contributed by atoms with Crippen molar-refractivity contribution < 1.29 is 9.52 Å². The molecule has 1 aromatic rings. The Balaban J connectivity index is 1.73. The fourth-order valence-corrected chi connectivity index (χ4v) is 2.48. The van der Waals surface area contributed by atoms with Gasteiger partial charge in [-0.1, -0.05) is 18.9 Å². The van der Waals surface area contributed by atoms with Crippen molar-refractivity contribution in [1.29, 1.82) is 0 Å². The molecule has 17 heavy (non-hydrogen) atoms. The number of nitrogens with one attached hydrogen (secondary N) is 1. The SMILES string of the molecule is OCC1CCCCC1NC/C=C/c1ccco1. The molecule has 0 radical (unpaired) electrons. The van der Waals surface area contributed by atoms with Crippen molar-refractivity contribution in [2.75, 3.05) is 13.2 Å². The van der Waals surface area contributed by atoms with Crippen molar-refractivity contribution in [1.82, 2.24) is 5.32 Å². The Hall–Kier alpha value is -1.06. The highest BCUT2D eigenvalue weighted by atomic mass is 16.3. The zero-order chi connectivity index (χ0) is 11.9. The van der Waals surface area contributed by atoms with E-state index in [4.69, 9.17) is 4.42 Å². The molecule has 0 aromatic carbocycles. The first-order chi connectivity index (χ1) is 8.40. The number of aliphatic hydroxyl groups is 1. The molecule has 3 nitrogen and oxygen atoms in total. The van der Waals surface area contributed by atoms with E-state index in [1.807, 2.05) is 18.2 Å². The van der Waals surface area contributed by atoms with E-state index in [-0.39, 0.29) is 0 Å². The van der Waals surface area contributed by atoms with Crippen molar-refractivity contribution in [3.8, 4) is 0 Å². The number of furan rings is 1. The van der Waals surface area contributed by atoms with Crippen molar-refractivity contribution in [3.05, 3.63) is 30.2 Å². The van der Waals surface area contributed by atoms with Gasteiger partial charge in [-0.2, -0.15) is 0 Å². The third-order valence-corrected chi connectivity index (χ3v) is 3.47. The molecule has 0 bridgehead atoms. The van der Waals surface area contributed by atoms with Gasteiger partial charge in [-0.25, -0.2) is 0 Å². The van der Waals surface area contributed by atoms with Crippen LogP contribution < -0.4 is 5.32 Å². The molecule has 0 saturated heterocycles. The van der Waals surface area contributed by atoms with Crippen LogP contribution in [0.1, 0.15) is 31.4 Å². The quantitative estimate of drug-likeness (QED) is 0.824. The van der Waals surface area contributed by atoms with Crippen LogP contribution in [0.3, 0.4) is 0 Å². The maximum absolute atomic E-state index is 9.30. The van der Waals surface area contributed by atoms with Crippen LogP contribution in [0.25, 0.3) is 6.08 Å². The molecule has 2 atom stereocenters. The van der Waals surface area contributed by atoms with Gasteiger partial charge in [0.25, 0.3) is 0 Å². The van der Waals surface area contributed by atoms with Crippen LogP contribution in [0.5, 0.6) is 0 Å². The lowest BCUT2D eigenvalue weighted by Crippen LogP contribution is -2.40. The molecule has 94 valence electrons. The summed E-state index contributed by atoms with van der Waals surface area (Å²) < 4.78 is 5.21. The second-order valence-electron chi connectivity index (χ2n) is 4.66. The van der Waals surface area contributed by atoms with Crippen LogP contribution in [-0.2, 0) is 0 Å². The van der Waals surface area contributed by atoms with Crippen molar-refractivity contribution in [3.63, 3.8) is 0 Å². The molecule has 2 N–H and O–H groups in total. The van der Waals surface area contributed by atoms with Gasteiger partial charge in [0.15, 0.2) is 0 Å². The van der Waals surface area contributed by atoms with Gasteiger partial charge in [-0.15, -0.1) is 0 Å². The predicted molar refractivity (Wildman–Crippen MR) is 68.6 cm³/mol. The van der Waals surface area contributed by atoms with Gasteiger partial charge in [0, 0.05) is 19.2 Å². The van der Waals surface area contributed by atoms with Gasteiger partial charge >= 0.3 is 0 Å². The first-order valence-corrected chi connectivity index (χ1v) is 6.44. The summed E-state index contributed by atoms with van der Waals surface area (Å²) in [4.78, 5) is 0. The average Bonchev–Trinajstić information content (AvgIpc) is 2.88. The monoisotopic (exact) mass is 235 g/mol. The normalized spacial score (nSPS) is 25.5. The van der Waals surface area contributed by atoms with Crippen LogP contribution >= 0.6 is 0 Å². The Kier molecular flexibility index (Phi) is 4.83. The summed E-state index contributed by atoms with van der Waals surface area (Å²) in [6, 6.07) is 4.29. The van der Waals surface area contributed by atoms with Crippen LogP contribution in [0, 0.1) is 5.92 Å². The Labute approximate surface area is 103 Å². The zero-order valence-electron chi connectivity index (χ0n) is 10.1. The van der Waals surface area contributed by atoms with Crippen LogP contribution in [0.2, 0.25) is 0 Å². The molecule has 1 fully saturated rings. The van der Waals surface area contributed by atoms with Gasteiger partial charge in [-0.05, 0) is 37.0 Å². The second kappa shape index (κ2) is 6.62. The lowest BCUT2D eigenvalue weighted by Gasteiger charge is -2.30. The van der Waals surface area contributed by atoms with E-state index in [0.29, 0.717) is 18.6 Å². The molecule has 2 unspecified atom stereocenters. The predicted octanol–water partition coefficient (Wildman–Crippen LogP) is 2.43. The second-order valence-corrected chi connectivity index (χ2v) is 4.66. The Morgan fingerprint density at radius 3 is 3.06 bits per heavy atom. The maximum Gasteiger partial charge on any atom is 0.126 e. The lowest BCUT2D eigenvalue weighted by atomic mass is 9.85. The van der Waals surface area contributed by atoms with Crippen molar-refractivity contribution >= 4 is 6.08 Å². The van der Waals surface area contributed by atoms with Crippen LogP contribution in [0.4, 0.5) is 0 Å². The minimum absolute atomic E-state index is 0.305. The smallest absolute Gasteiger partial charge is 0.126 e. The maximum atomic E-state index is 9.30. The van der Waals surface area contributed by atoms with Crippen LogP contribution in [-0.4, -0.2) is 24.3 Å². The van der Waals surface area contributed by atoms with E-state index in [2.05, 4.69) is 11.4 Å². The largest absolute Gasteiger partial charge is 0.465 e. The zero-order valence-corrected chi connectivity index (χ0v) is 10.1. The number of hydrogen-bond donors (Lipinski definition) is 2. The number of rotatable bonds is 5. The molecular formula is C14H21NO2. The molecule has 1 heterocycles. The molecule has 1 aromatic heterocycles. The molecule has 3 heteroatoms. The lowest BCUT2D eigenvalue weighted by molar-refractivity contribution is 0.155. The summed E-state index contributed by atoms with van der Waals surface area (Å²) in [6.45, 7) is 1.14. The van der Waals surface area contributed by atoms with E-state index in [1.54, 1.807) is 6.26 Å². The van der Waals surface area contributed by atoms with Crippen LogP contribution in [0.15, 0.2) is 28.9 Å². The first kappa shape index (κ1) is 12.4. The number of aliphatic hydroxyl groups excluding tert-OH is 1. The Morgan fingerprint density at radius 1 is 1.41 bits per heavy atom. The summed E-state index contributed by atoms with van der Waals surface area (Å²) >= 11 is 0. The molecule has 1 aliphatic rings. The third-order valence-electron chi connectivity index (χ3n) is 3.47. The first-order valence-electron chi connectivity index (χ1n) is 6.44. The summed E-state index contributed by atoms with van der Waals surface area (Å²) in [5, 5.41) is 12.8. The molecule has 0 aliphatic heterocycles. The highest BCUT2D eigenvalue weighted by molar-refractivity contribution is 5.42. The van der Waals surface area contributed by atoms with E-state index in [1.165, 1.54) is 19.3 Å². The number of hydrogen-bond acceptors (Lipinski definition) is 3. The molecule has 0 spiro atoms. The van der Waals surface area contributed by atoms with Crippen molar-refractivity contribution in [2.24, 2.45) is 5.92 Å². The highest BCUT2D eigenvalue weighted by Crippen LogP contribution is 2.23. The molecule has 1 saturated carbocycles. The topological polar surface area (TPSA) is 45.4 Å². The van der Waals surface area contributed by atoms with Gasteiger partial charge in [-0.3, -0.25) is 0 Å². The van der Waals surface area contributed by atoms with Gasteiger partial charge in [0.1, 0.15) is 5.76 Å². The summed E-state index contributed by atoms with van der Waals surface area (Å²) in [7, 11) is 0.